The van der Waals surface area contributed by atoms with Crippen molar-refractivity contribution in [2.75, 3.05) is 5.32 Å². The summed E-state index contributed by atoms with van der Waals surface area (Å²) in [6.45, 7) is 1.82. The number of benzene rings is 2. The molecule has 4 aromatic rings. The van der Waals surface area contributed by atoms with Gasteiger partial charge in [-0.05, 0) is 55.0 Å². The molecule has 8 nitrogen and oxygen atoms in total. The number of oxazole rings is 1. The first-order chi connectivity index (χ1) is 13.9. The summed E-state index contributed by atoms with van der Waals surface area (Å²) in [4.78, 5) is 31.4. The Hall–Kier alpha value is -3.78. The Labute approximate surface area is 169 Å². The number of hydrogen-bond acceptors (Lipinski definition) is 6. The van der Waals surface area contributed by atoms with Crippen LogP contribution in [0, 0.1) is 17.0 Å². The summed E-state index contributed by atoms with van der Waals surface area (Å²) < 4.78 is 5.71. The van der Waals surface area contributed by atoms with Crippen molar-refractivity contribution in [3.8, 4) is 11.5 Å². The molecular formula is C20H13ClN4O4. The first kappa shape index (κ1) is 18.6. The first-order valence-electron chi connectivity index (χ1n) is 8.50. The number of nitro benzene ring substituents is 1. The van der Waals surface area contributed by atoms with Crippen molar-refractivity contribution >= 4 is 40.1 Å². The fourth-order valence-electron chi connectivity index (χ4n) is 2.82. The average Bonchev–Trinajstić information content (AvgIpc) is 3.13. The number of nitrogens with one attached hydrogen (secondary N) is 1. The summed E-state index contributed by atoms with van der Waals surface area (Å²) in [7, 11) is 0. The van der Waals surface area contributed by atoms with E-state index in [9.17, 15) is 14.9 Å². The minimum atomic E-state index is -0.631. The molecule has 4 rings (SSSR count). The maximum absolute atomic E-state index is 12.5. The second-order valence-corrected chi connectivity index (χ2v) is 6.66. The number of anilines is 1. The highest BCUT2D eigenvalue weighted by Gasteiger charge is 2.17. The molecule has 0 saturated heterocycles. The van der Waals surface area contributed by atoms with E-state index in [2.05, 4.69) is 15.3 Å². The lowest BCUT2D eigenvalue weighted by Gasteiger charge is -2.09. The minimum absolute atomic E-state index is 0.0279. The van der Waals surface area contributed by atoms with E-state index in [1.54, 1.807) is 30.5 Å². The standard InChI is InChI=1S/C20H13ClN4O4/c1-11-9-13(20-24-18-17(29-20)3-2-8-22-18)5-7-15(11)23-19(26)12-4-6-14(21)16(10-12)25(27)28/h2-10H,1H3,(H,23,26). The number of halogens is 1. The van der Waals surface area contributed by atoms with Crippen LogP contribution >= 0.6 is 11.6 Å². The highest BCUT2D eigenvalue weighted by molar-refractivity contribution is 6.32. The summed E-state index contributed by atoms with van der Waals surface area (Å²) >= 11 is 5.79. The van der Waals surface area contributed by atoms with Gasteiger partial charge in [0, 0.05) is 29.1 Å². The molecule has 9 heteroatoms. The summed E-state index contributed by atoms with van der Waals surface area (Å²) in [6, 6.07) is 12.8. The highest BCUT2D eigenvalue weighted by atomic mass is 35.5. The molecule has 2 aromatic heterocycles. The molecule has 0 radical (unpaired) electrons. The Balaban J connectivity index is 1.59. The van der Waals surface area contributed by atoms with Gasteiger partial charge in [-0.25, -0.2) is 4.98 Å². The van der Waals surface area contributed by atoms with Crippen molar-refractivity contribution in [1.29, 1.82) is 0 Å². The van der Waals surface area contributed by atoms with E-state index in [1.165, 1.54) is 12.1 Å². The molecule has 0 spiro atoms. The van der Waals surface area contributed by atoms with E-state index in [1.807, 2.05) is 13.0 Å². The van der Waals surface area contributed by atoms with Gasteiger partial charge in [0.05, 0.1) is 4.92 Å². The van der Waals surface area contributed by atoms with Gasteiger partial charge in [-0.15, -0.1) is 0 Å². The maximum Gasteiger partial charge on any atom is 0.288 e. The van der Waals surface area contributed by atoms with E-state index in [4.69, 9.17) is 16.0 Å². The zero-order chi connectivity index (χ0) is 20.5. The van der Waals surface area contributed by atoms with E-state index in [0.717, 1.165) is 17.2 Å². The monoisotopic (exact) mass is 408 g/mol. The summed E-state index contributed by atoms with van der Waals surface area (Å²) in [5, 5.41) is 13.7. The van der Waals surface area contributed by atoms with Gasteiger partial charge < -0.3 is 9.73 Å². The minimum Gasteiger partial charge on any atom is -0.434 e. The second kappa shape index (κ2) is 7.33. The van der Waals surface area contributed by atoms with Crippen LogP contribution in [0.25, 0.3) is 22.7 Å². The Morgan fingerprint density at radius 3 is 2.76 bits per heavy atom. The van der Waals surface area contributed by atoms with Crippen LogP contribution in [0.1, 0.15) is 15.9 Å². The van der Waals surface area contributed by atoms with Crippen LogP contribution in [0.2, 0.25) is 5.02 Å². The predicted octanol–water partition coefficient (Wildman–Crippen LogP) is 5.01. The Morgan fingerprint density at radius 2 is 2.03 bits per heavy atom. The molecule has 0 aliphatic rings. The van der Waals surface area contributed by atoms with Gasteiger partial charge >= 0.3 is 0 Å². The molecule has 0 fully saturated rings. The van der Waals surface area contributed by atoms with Crippen molar-refractivity contribution in [2.45, 2.75) is 6.92 Å². The topological polar surface area (TPSA) is 111 Å². The van der Waals surface area contributed by atoms with Crippen LogP contribution in [0.15, 0.2) is 59.1 Å². The van der Waals surface area contributed by atoms with Crippen LogP contribution in [0.3, 0.4) is 0 Å². The smallest absolute Gasteiger partial charge is 0.288 e. The third-order valence-electron chi connectivity index (χ3n) is 4.29. The zero-order valence-corrected chi connectivity index (χ0v) is 15.8. The average molecular weight is 409 g/mol. The third-order valence-corrected chi connectivity index (χ3v) is 4.61. The SMILES string of the molecule is Cc1cc(-c2nc3ncccc3o2)ccc1NC(=O)c1ccc(Cl)c([N+](=O)[O-])c1. The van der Waals surface area contributed by atoms with Gasteiger partial charge in [0.1, 0.15) is 5.02 Å². The van der Waals surface area contributed by atoms with Crippen molar-refractivity contribution < 1.29 is 14.1 Å². The predicted molar refractivity (Wildman–Crippen MR) is 108 cm³/mol. The van der Waals surface area contributed by atoms with Gasteiger partial charge in [-0.2, -0.15) is 4.98 Å². The molecular weight excluding hydrogens is 396 g/mol. The number of nitro groups is 1. The number of hydrogen-bond donors (Lipinski definition) is 1. The molecule has 0 aliphatic heterocycles. The number of aromatic nitrogens is 2. The van der Waals surface area contributed by atoms with Crippen molar-refractivity contribution in [1.82, 2.24) is 9.97 Å². The molecule has 1 N–H and O–H groups in total. The number of pyridine rings is 1. The van der Waals surface area contributed by atoms with Crippen molar-refractivity contribution in [3.05, 3.63) is 81.0 Å². The largest absolute Gasteiger partial charge is 0.434 e. The number of carbonyl (C=O) groups excluding carboxylic acids is 1. The Morgan fingerprint density at radius 1 is 1.21 bits per heavy atom. The summed E-state index contributed by atoms with van der Waals surface area (Å²) in [5.41, 5.74) is 2.98. The van der Waals surface area contributed by atoms with Crippen molar-refractivity contribution in [2.24, 2.45) is 0 Å². The van der Waals surface area contributed by atoms with E-state index >= 15 is 0 Å². The molecule has 0 saturated carbocycles. The number of aryl methyl sites for hydroxylation is 1. The lowest BCUT2D eigenvalue weighted by Crippen LogP contribution is -2.13. The lowest BCUT2D eigenvalue weighted by molar-refractivity contribution is -0.384. The Kier molecular flexibility index (Phi) is 4.69. The molecule has 144 valence electrons. The maximum atomic E-state index is 12.5. The fourth-order valence-corrected chi connectivity index (χ4v) is 3.00. The molecule has 0 atom stereocenters. The molecule has 1 amide bonds. The van der Waals surface area contributed by atoms with Gasteiger partial charge in [-0.1, -0.05) is 11.6 Å². The second-order valence-electron chi connectivity index (χ2n) is 6.25. The third kappa shape index (κ3) is 3.65. The van der Waals surface area contributed by atoms with Crippen LogP contribution in [-0.4, -0.2) is 20.8 Å². The Bertz CT molecular complexity index is 1240. The first-order valence-corrected chi connectivity index (χ1v) is 8.88. The van der Waals surface area contributed by atoms with E-state index in [0.29, 0.717) is 22.8 Å². The highest BCUT2D eigenvalue weighted by Crippen LogP contribution is 2.28. The molecule has 2 aromatic carbocycles. The van der Waals surface area contributed by atoms with Gasteiger partial charge in [0.25, 0.3) is 11.6 Å². The quantitative estimate of drug-likeness (QED) is 0.375. The number of amides is 1. The molecule has 0 aliphatic carbocycles. The molecule has 2 heterocycles. The van der Waals surface area contributed by atoms with Crippen LogP contribution < -0.4 is 5.32 Å². The summed E-state index contributed by atoms with van der Waals surface area (Å²) in [5.74, 6) is -0.0559. The number of carbonyl (C=O) groups is 1. The summed E-state index contributed by atoms with van der Waals surface area (Å²) in [6.07, 6.45) is 1.64. The number of rotatable bonds is 4. The normalized spacial score (nSPS) is 10.8. The van der Waals surface area contributed by atoms with E-state index < -0.39 is 10.8 Å². The zero-order valence-electron chi connectivity index (χ0n) is 15.0. The molecule has 0 bridgehead atoms. The number of nitrogens with zero attached hydrogens (tertiary/aromatic N) is 3. The molecule has 29 heavy (non-hydrogen) atoms. The lowest BCUT2D eigenvalue weighted by atomic mass is 10.1. The van der Waals surface area contributed by atoms with E-state index in [-0.39, 0.29) is 16.3 Å². The van der Waals surface area contributed by atoms with Gasteiger partial charge in [0.2, 0.25) is 5.89 Å². The van der Waals surface area contributed by atoms with Crippen molar-refractivity contribution in [3.63, 3.8) is 0 Å². The van der Waals surface area contributed by atoms with Gasteiger partial charge in [0.15, 0.2) is 11.2 Å². The van der Waals surface area contributed by atoms with Gasteiger partial charge in [-0.3, -0.25) is 14.9 Å². The fraction of sp³-hybridized carbons (Fsp3) is 0.0500. The van der Waals surface area contributed by atoms with Crippen LogP contribution in [0.5, 0.6) is 0 Å². The van der Waals surface area contributed by atoms with Crippen LogP contribution in [0.4, 0.5) is 11.4 Å². The number of fused-ring (bicyclic) bond motifs is 1. The molecule has 0 unspecified atom stereocenters. The van der Waals surface area contributed by atoms with Crippen LogP contribution in [-0.2, 0) is 0 Å².